The van der Waals surface area contributed by atoms with Gasteiger partial charge in [0.1, 0.15) is 11.5 Å². The lowest BCUT2D eigenvalue weighted by Crippen LogP contribution is -2.08. The first-order valence-corrected chi connectivity index (χ1v) is 40.4. The van der Waals surface area contributed by atoms with Gasteiger partial charge in [-0.25, -0.2) is 38.7 Å². The largest absolute Gasteiger partial charge is 0.491 e. The van der Waals surface area contributed by atoms with Crippen molar-refractivity contribution in [3.63, 3.8) is 0 Å². The number of thiophene rings is 2. The fraction of sp³-hybridized carbons (Fsp3) is 0.191. The van der Waals surface area contributed by atoms with Crippen molar-refractivity contribution in [2.45, 2.75) is 121 Å². The summed E-state index contributed by atoms with van der Waals surface area (Å²) in [4.78, 5) is 72.5. The molecule has 0 bridgehead atoms. The van der Waals surface area contributed by atoms with Crippen molar-refractivity contribution in [1.82, 2.24) is 59.1 Å². The van der Waals surface area contributed by atoms with Crippen molar-refractivity contribution in [2.75, 3.05) is 0 Å². The van der Waals surface area contributed by atoms with Crippen LogP contribution >= 0.6 is 38.6 Å². The number of aromatic nitrogens is 12. The van der Waals surface area contributed by atoms with Crippen molar-refractivity contribution in [2.24, 2.45) is 0 Å². The maximum absolute atomic E-state index is 13.0. The van der Waals surface area contributed by atoms with Gasteiger partial charge in [0, 0.05) is 85.8 Å². The van der Waals surface area contributed by atoms with Gasteiger partial charge in [-0.3, -0.25) is 19.2 Å². The fourth-order valence-electron chi connectivity index (χ4n) is 13.9. The molecule has 10 aromatic heterocycles. The summed E-state index contributed by atoms with van der Waals surface area (Å²) in [7, 11) is 0. The van der Waals surface area contributed by atoms with Gasteiger partial charge in [0.05, 0.1) is 70.6 Å². The summed E-state index contributed by atoms with van der Waals surface area (Å²) in [6.45, 7) is 23.8. The molecule has 0 saturated heterocycles. The lowest BCUT2D eigenvalue weighted by atomic mass is 10.0. The molecular formula is C94H85BrN12O6S2. The average Bonchev–Trinajstić information content (AvgIpc) is 1.51. The molecule has 115 heavy (non-hydrogen) atoms. The molecule has 7 aromatic carbocycles. The molecule has 17 rings (SSSR count). The highest BCUT2D eigenvalue weighted by atomic mass is 79.9. The highest BCUT2D eigenvalue weighted by molar-refractivity contribution is 9.11. The molecule has 0 aliphatic rings. The first-order valence-electron chi connectivity index (χ1n) is 38.0. The van der Waals surface area contributed by atoms with E-state index in [2.05, 4.69) is 42.4 Å². The lowest BCUT2D eigenvalue weighted by molar-refractivity contribution is 0.0984. The van der Waals surface area contributed by atoms with Gasteiger partial charge in [-0.15, -0.1) is 22.7 Å². The van der Waals surface area contributed by atoms with Gasteiger partial charge in [-0.1, -0.05) is 103 Å². The average molecular weight is 1620 g/mol. The number of nitrogens with zero attached hydrogens (tertiary/aromatic N) is 12. The second-order valence-electron chi connectivity index (χ2n) is 29.0. The smallest absolute Gasteiger partial charge is 0.177 e. The Bertz CT molecular complexity index is 6470. The number of pyridine rings is 4. The highest BCUT2D eigenvalue weighted by Gasteiger charge is 2.20. The zero-order valence-corrected chi connectivity index (χ0v) is 69.2. The maximum atomic E-state index is 13.0. The van der Waals surface area contributed by atoms with Gasteiger partial charge in [-0.2, -0.15) is 20.4 Å². The van der Waals surface area contributed by atoms with Crippen LogP contribution in [-0.4, -0.2) is 94.4 Å². The summed E-state index contributed by atoms with van der Waals surface area (Å²) in [5, 5.41) is 23.3. The van der Waals surface area contributed by atoms with Crippen LogP contribution in [0.5, 0.6) is 11.5 Å². The molecule has 0 fully saturated rings. The molecule has 0 saturated carbocycles. The third kappa shape index (κ3) is 18.7. The van der Waals surface area contributed by atoms with E-state index in [-0.39, 0.29) is 48.2 Å². The van der Waals surface area contributed by atoms with E-state index in [1.54, 1.807) is 11.3 Å². The Morgan fingerprint density at radius 1 is 0.330 bits per heavy atom. The zero-order chi connectivity index (χ0) is 80.7. The normalized spacial score (nSPS) is 11.3. The Kier molecular flexibility index (Phi) is 23.9. The topological polar surface area (TPSA) is 210 Å². The van der Waals surface area contributed by atoms with E-state index < -0.39 is 0 Å². The summed E-state index contributed by atoms with van der Waals surface area (Å²) in [5.74, 6) is 4.83. The van der Waals surface area contributed by atoms with Crippen molar-refractivity contribution >= 4 is 115 Å². The van der Waals surface area contributed by atoms with Crippen molar-refractivity contribution in [1.29, 1.82) is 0 Å². The van der Waals surface area contributed by atoms with Crippen LogP contribution in [0.15, 0.2) is 240 Å². The highest BCUT2D eigenvalue weighted by Crippen LogP contribution is 2.32. The fourth-order valence-corrected chi connectivity index (χ4v) is 16.3. The number of hydrogen-bond acceptors (Lipinski definition) is 16. The number of hydrogen-bond donors (Lipinski definition) is 0. The van der Waals surface area contributed by atoms with Crippen molar-refractivity contribution in [3.05, 3.63) is 329 Å². The summed E-state index contributed by atoms with van der Waals surface area (Å²) in [6, 6.07) is 76.5. The predicted molar refractivity (Wildman–Crippen MR) is 464 cm³/mol. The third-order valence-corrected chi connectivity index (χ3v) is 21.9. The van der Waals surface area contributed by atoms with Gasteiger partial charge in [-0.05, 0) is 260 Å². The number of para-hydroxylation sites is 4. The van der Waals surface area contributed by atoms with Crippen LogP contribution in [0, 0.1) is 55.4 Å². The molecule has 18 nitrogen and oxygen atoms in total. The molecule has 0 amide bonds. The minimum atomic E-state index is 0.0371. The zero-order valence-electron chi connectivity index (χ0n) is 66.0. The molecule has 0 aliphatic carbocycles. The first kappa shape index (κ1) is 79.1. The van der Waals surface area contributed by atoms with Gasteiger partial charge in [0.2, 0.25) is 0 Å². The Hall–Kier alpha value is -12.6. The summed E-state index contributed by atoms with van der Waals surface area (Å²) < 4.78 is 20.8. The Morgan fingerprint density at radius 2 is 0.687 bits per heavy atom. The van der Waals surface area contributed by atoms with E-state index in [0.717, 1.165) is 164 Å². The summed E-state index contributed by atoms with van der Waals surface area (Å²) in [5.41, 5.74) is 16.3. The van der Waals surface area contributed by atoms with E-state index in [9.17, 15) is 19.2 Å². The Balaban J connectivity index is 0.000000127. The van der Waals surface area contributed by atoms with Crippen LogP contribution in [0.3, 0.4) is 0 Å². The van der Waals surface area contributed by atoms with Crippen LogP contribution in [0.2, 0.25) is 0 Å². The number of benzene rings is 7. The molecule has 0 N–H and O–H groups in total. The van der Waals surface area contributed by atoms with Crippen molar-refractivity contribution < 1.29 is 28.7 Å². The standard InChI is InChI=1S/2C25H25N3O2.C24H19N3OS.C20H16BrN3OS/c1-16(2)30-22-10-6-8-20(14-22)23(29)15-21-9-5-7-19-11-12-24(26-25(19)21)28-18(4)13-17(3)27-28;1-16(2)30-22-11-8-19(9-12-22)23(29)15-21-7-5-6-20-10-13-24(26-25(20)21)28-18(4)14-17(3)27-28;1-15-12-16(2)27(26-15)23-11-10-17-7-5-8-19(24(17)25-23)13-20(28)22-14-18-6-3-4-9-21(18)29-22;1-12-10-13(2)24(23-12)19-9-6-14-4-3-5-15(20(14)22-19)11-16(25)17-7-8-18(21)26-17/h2*5-14,16H,15H2,1-4H3;3-12,14H,13H2,1-2H3;3-10H,11H2,1-2H3. The number of carbonyl (C=O) groups excluding carboxylic acids is 4. The number of ketones is 4. The number of Topliss-reactive ketones (excluding diaryl/α,β-unsaturated/α-hetero) is 4. The molecule has 21 heteroatoms. The quantitative estimate of drug-likeness (QED) is 0.0650. The van der Waals surface area contributed by atoms with Crippen LogP contribution in [-0.2, 0) is 25.7 Å². The second kappa shape index (κ2) is 34.8. The van der Waals surface area contributed by atoms with Crippen LogP contribution < -0.4 is 9.47 Å². The molecule has 10 heterocycles. The predicted octanol–water partition coefficient (Wildman–Crippen LogP) is 21.5. The minimum absolute atomic E-state index is 0.0371. The van der Waals surface area contributed by atoms with Gasteiger partial charge < -0.3 is 9.47 Å². The van der Waals surface area contributed by atoms with Crippen LogP contribution in [0.4, 0.5) is 0 Å². The molecule has 0 atom stereocenters. The van der Waals surface area contributed by atoms with Crippen LogP contribution in [0.25, 0.3) is 77.0 Å². The van der Waals surface area contributed by atoms with Crippen LogP contribution in [0.1, 0.15) is 136 Å². The number of ether oxygens (including phenoxy) is 2. The van der Waals surface area contributed by atoms with E-state index in [0.29, 0.717) is 29.7 Å². The number of rotatable bonds is 20. The van der Waals surface area contributed by atoms with E-state index in [1.807, 2.05) is 332 Å². The second-order valence-corrected chi connectivity index (χ2v) is 32.6. The van der Waals surface area contributed by atoms with E-state index in [1.165, 1.54) is 11.3 Å². The lowest BCUT2D eigenvalue weighted by Gasteiger charge is -2.11. The number of halogens is 1. The molecule has 0 aliphatic heterocycles. The molecule has 576 valence electrons. The Morgan fingerprint density at radius 3 is 1.05 bits per heavy atom. The molecule has 0 spiro atoms. The number of aryl methyl sites for hydroxylation is 8. The SMILES string of the molecule is Cc1cc(C)n(-c2ccc3cccc(CC(=O)c4cc5ccccc5s4)c3n2)n1.Cc1cc(C)n(-c2ccc3cccc(CC(=O)c4ccc(Br)s4)c3n2)n1.Cc1cc(C)n(-c2ccc3cccc(CC(=O)c4ccc(OC(C)C)cc4)c3n2)n1.Cc1cc(C)n(-c2ccc3cccc(CC(=O)c4cccc(OC(C)C)c4)c3n2)n1. The monoisotopic (exact) mass is 1620 g/mol. The first-order chi connectivity index (χ1) is 55.4. The maximum Gasteiger partial charge on any atom is 0.177 e. The molecular weight excluding hydrogens is 1540 g/mol. The van der Waals surface area contributed by atoms with Gasteiger partial charge in [0.15, 0.2) is 46.4 Å². The minimum Gasteiger partial charge on any atom is -0.491 e. The van der Waals surface area contributed by atoms with E-state index in [4.69, 9.17) is 29.4 Å². The molecule has 0 unspecified atom stereocenters. The van der Waals surface area contributed by atoms with Gasteiger partial charge in [0.25, 0.3) is 0 Å². The summed E-state index contributed by atoms with van der Waals surface area (Å²) >= 11 is 6.42. The molecule has 0 radical (unpaired) electrons. The number of fused-ring (bicyclic) bond motifs is 5. The summed E-state index contributed by atoms with van der Waals surface area (Å²) in [6.07, 6.45) is 1.39. The van der Waals surface area contributed by atoms with E-state index >= 15 is 0 Å². The molecule has 17 aromatic rings. The third-order valence-electron chi connectivity index (χ3n) is 19.1. The number of carbonyl (C=O) groups is 4. The van der Waals surface area contributed by atoms with Gasteiger partial charge >= 0.3 is 0 Å². The van der Waals surface area contributed by atoms with Crippen molar-refractivity contribution in [3.8, 4) is 34.8 Å². The Labute approximate surface area is 683 Å².